The van der Waals surface area contributed by atoms with Crippen molar-refractivity contribution >= 4 is 5.91 Å². The molecule has 0 spiro atoms. The molecule has 7 nitrogen and oxygen atoms in total. The zero-order valence-corrected chi connectivity index (χ0v) is 18.7. The van der Waals surface area contributed by atoms with Gasteiger partial charge < -0.3 is 18.6 Å². The van der Waals surface area contributed by atoms with Crippen molar-refractivity contribution in [3.63, 3.8) is 0 Å². The number of aromatic nitrogens is 2. The van der Waals surface area contributed by atoms with Crippen LogP contribution in [-0.4, -0.2) is 34.6 Å². The van der Waals surface area contributed by atoms with Crippen LogP contribution < -0.4 is 4.74 Å². The Bertz CT molecular complexity index is 1300. The third-order valence-corrected chi connectivity index (χ3v) is 5.97. The molecule has 4 aromatic rings. The first-order valence-corrected chi connectivity index (χ1v) is 11.2. The summed E-state index contributed by atoms with van der Waals surface area (Å²) in [7, 11) is 1.60. The maximum atomic E-state index is 13.5. The van der Waals surface area contributed by atoms with E-state index in [-0.39, 0.29) is 23.5 Å². The molecule has 1 fully saturated rings. The second kappa shape index (κ2) is 9.51. The van der Waals surface area contributed by atoms with E-state index in [1.165, 1.54) is 12.1 Å². The molecule has 174 valence electrons. The first kappa shape index (κ1) is 21.9. The van der Waals surface area contributed by atoms with Crippen molar-refractivity contribution in [2.24, 2.45) is 0 Å². The largest absolute Gasteiger partial charge is 0.497 e. The maximum Gasteiger partial charge on any atom is 0.293 e. The highest BCUT2D eigenvalue weighted by Gasteiger charge is 2.34. The number of oxazole rings is 1. The summed E-state index contributed by atoms with van der Waals surface area (Å²) in [5.41, 5.74) is 2.15. The van der Waals surface area contributed by atoms with Crippen LogP contribution in [0.3, 0.4) is 0 Å². The normalized spacial score (nSPS) is 15.9. The fourth-order valence-corrected chi connectivity index (χ4v) is 4.27. The summed E-state index contributed by atoms with van der Waals surface area (Å²) in [6.45, 7) is 0.570. The molecule has 8 heteroatoms. The molecule has 2 aromatic heterocycles. The minimum atomic E-state index is -0.298. The number of carbonyl (C=O) groups is 1. The van der Waals surface area contributed by atoms with Crippen molar-refractivity contribution in [3.05, 3.63) is 89.6 Å². The van der Waals surface area contributed by atoms with Crippen molar-refractivity contribution in [2.45, 2.75) is 31.7 Å². The minimum absolute atomic E-state index is 0.163. The van der Waals surface area contributed by atoms with Gasteiger partial charge in [-0.15, -0.1) is 0 Å². The van der Waals surface area contributed by atoms with E-state index in [1.807, 2.05) is 30.3 Å². The molecule has 34 heavy (non-hydrogen) atoms. The summed E-state index contributed by atoms with van der Waals surface area (Å²) in [5, 5.41) is 4.09. The van der Waals surface area contributed by atoms with Crippen molar-refractivity contribution in [3.8, 4) is 17.0 Å². The van der Waals surface area contributed by atoms with E-state index in [0.717, 1.165) is 30.4 Å². The third-order valence-electron chi connectivity index (χ3n) is 5.97. The number of amides is 1. The third kappa shape index (κ3) is 4.57. The van der Waals surface area contributed by atoms with E-state index in [9.17, 15) is 9.18 Å². The molecular weight excluding hydrogens is 437 g/mol. The van der Waals surface area contributed by atoms with Gasteiger partial charge in [0.15, 0.2) is 0 Å². The Morgan fingerprint density at radius 2 is 2.06 bits per heavy atom. The molecule has 0 saturated carbocycles. The molecule has 1 amide bonds. The van der Waals surface area contributed by atoms with Gasteiger partial charge >= 0.3 is 0 Å². The van der Waals surface area contributed by atoms with Gasteiger partial charge in [-0.3, -0.25) is 4.79 Å². The Balaban J connectivity index is 1.34. The van der Waals surface area contributed by atoms with Crippen LogP contribution in [0.5, 0.6) is 5.75 Å². The lowest BCUT2D eigenvalue weighted by Crippen LogP contribution is -2.38. The molecule has 2 aromatic carbocycles. The van der Waals surface area contributed by atoms with E-state index in [2.05, 4.69) is 10.1 Å². The molecule has 3 heterocycles. The van der Waals surface area contributed by atoms with Crippen LogP contribution in [0.2, 0.25) is 0 Å². The number of piperidine rings is 1. The molecule has 1 aliphatic rings. The zero-order chi connectivity index (χ0) is 23.5. The number of methoxy groups -OCH3 is 1. The van der Waals surface area contributed by atoms with E-state index in [4.69, 9.17) is 13.7 Å². The van der Waals surface area contributed by atoms with Gasteiger partial charge in [-0.25, -0.2) is 9.37 Å². The van der Waals surface area contributed by atoms with Crippen molar-refractivity contribution in [1.82, 2.24) is 15.0 Å². The van der Waals surface area contributed by atoms with Crippen molar-refractivity contribution < 1.29 is 22.9 Å². The van der Waals surface area contributed by atoms with E-state index >= 15 is 0 Å². The Morgan fingerprint density at radius 3 is 2.91 bits per heavy atom. The highest BCUT2D eigenvalue weighted by atomic mass is 19.1. The summed E-state index contributed by atoms with van der Waals surface area (Å²) in [4.78, 5) is 19.5. The second-order valence-corrected chi connectivity index (χ2v) is 8.29. The van der Waals surface area contributed by atoms with Gasteiger partial charge in [-0.05, 0) is 49.1 Å². The number of carbonyl (C=O) groups excluding carboxylic acids is 1. The first-order valence-electron chi connectivity index (χ1n) is 11.2. The highest BCUT2D eigenvalue weighted by Crippen LogP contribution is 2.33. The number of nitrogens with zero attached hydrogens (tertiary/aromatic N) is 3. The number of rotatable bonds is 6. The lowest BCUT2D eigenvalue weighted by molar-refractivity contribution is 0.0528. The van der Waals surface area contributed by atoms with Gasteiger partial charge in [-0.1, -0.05) is 29.4 Å². The van der Waals surface area contributed by atoms with Crippen LogP contribution in [0.1, 0.15) is 53.1 Å². The Hall–Kier alpha value is -3.94. The number of hydrogen-bond donors (Lipinski definition) is 0. The zero-order valence-electron chi connectivity index (χ0n) is 18.7. The molecule has 5 rings (SSSR count). The lowest BCUT2D eigenvalue weighted by atomic mass is 10.0. The average Bonchev–Trinajstić information content (AvgIpc) is 3.54. The summed E-state index contributed by atoms with van der Waals surface area (Å²) >= 11 is 0. The predicted octanol–water partition coefficient (Wildman–Crippen LogP) is 5.44. The molecule has 0 N–H and O–H groups in total. The smallest absolute Gasteiger partial charge is 0.293 e. The average molecular weight is 461 g/mol. The van der Waals surface area contributed by atoms with Gasteiger partial charge in [0.05, 0.1) is 13.3 Å². The molecule has 1 saturated heterocycles. The van der Waals surface area contributed by atoms with Crippen LogP contribution >= 0.6 is 0 Å². The number of benzene rings is 2. The molecule has 0 radical (unpaired) electrons. The predicted molar refractivity (Wildman–Crippen MR) is 122 cm³/mol. The first-order chi connectivity index (χ1) is 16.6. The summed E-state index contributed by atoms with van der Waals surface area (Å²) in [6, 6.07) is 15.1. The van der Waals surface area contributed by atoms with Crippen LogP contribution in [0.25, 0.3) is 11.3 Å². The summed E-state index contributed by atoms with van der Waals surface area (Å²) in [5.74, 6) is 1.42. The Morgan fingerprint density at radius 1 is 1.18 bits per heavy atom. The Kier molecular flexibility index (Phi) is 6.12. The number of likely N-dealkylation sites (tertiary alicyclic amines) is 1. The second-order valence-electron chi connectivity index (χ2n) is 8.29. The van der Waals surface area contributed by atoms with Crippen LogP contribution in [-0.2, 0) is 6.42 Å². The fraction of sp³-hybridized carbons (Fsp3) is 0.269. The van der Waals surface area contributed by atoms with Gasteiger partial charge in [0, 0.05) is 24.6 Å². The molecule has 1 atom stereocenters. The van der Waals surface area contributed by atoms with Gasteiger partial charge in [0.1, 0.15) is 29.1 Å². The number of hydrogen-bond acceptors (Lipinski definition) is 6. The van der Waals surface area contributed by atoms with Crippen LogP contribution in [0.15, 0.2) is 69.7 Å². The SMILES string of the molecule is COc1cccc(-c2cc(C(=O)N3CCCC[C@@H]3c3ncc(Cc4cccc(F)c4)o3)on2)c1. The fourth-order valence-electron chi connectivity index (χ4n) is 4.27. The van der Waals surface area contributed by atoms with Crippen LogP contribution in [0.4, 0.5) is 4.39 Å². The molecule has 0 bridgehead atoms. The summed E-state index contributed by atoms with van der Waals surface area (Å²) in [6.07, 6.45) is 4.66. The van der Waals surface area contributed by atoms with Gasteiger partial charge in [0.25, 0.3) is 5.91 Å². The van der Waals surface area contributed by atoms with Gasteiger partial charge in [0.2, 0.25) is 11.7 Å². The number of ether oxygens (including phenoxy) is 1. The summed E-state index contributed by atoms with van der Waals surface area (Å²) < 4.78 is 30.2. The number of halogens is 1. The molecule has 0 unspecified atom stereocenters. The standard InChI is InChI=1S/C26H24FN3O4/c1-32-20-9-5-7-18(14-20)22-15-24(34-29-22)26(31)30-11-3-2-10-23(30)25-28-16-21(33-25)13-17-6-4-8-19(27)12-17/h4-9,12,14-16,23H,2-3,10-11,13H2,1H3/t23-/m1/s1. The minimum Gasteiger partial charge on any atom is -0.497 e. The van der Waals surface area contributed by atoms with Crippen molar-refractivity contribution in [2.75, 3.05) is 13.7 Å². The van der Waals surface area contributed by atoms with Gasteiger partial charge in [-0.2, -0.15) is 0 Å². The van der Waals surface area contributed by atoms with Crippen LogP contribution in [0, 0.1) is 5.82 Å². The molecule has 0 aliphatic carbocycles. The topological polar surface area (TPSA) is 81.6 Å². The Labute approximate surface area is 196 Å². The molecular formula is C26H24FN3O4. The van der Waals surface area contributed by atoms with E-state index in [1.54, 1.807) is 30.3 Å². The lowest BCUT2D eigenvalue weighted by Gasteiger charge is -2.32. The maximum absolute atomic E-state index is 13.5. The molecule has 1 aliphatic heterocycles. The van der Waals surface area contributed by atoms with E-state index in [0.29, 0.717) is 36.1 Å². The van der Waals surface area contributed by atoms with Crippen molar-refractivity contribution in [1.29, 1.82) is 0 Å². The quantitative estimate of drug-likeness (QED) is 0.381. The highest BCUT2D eigenvalue weighted by molar-refractivity contribution is 5.92. The monoisotopic (exact) mass is 461 g/mol. The van der Waals surface area contributed by atoms with E-state index < -0.39 is 0 Å².